The minimum atomic E-state index is -3.44. The molecule has 0 heterocycles. The van der Waals surface area contributed by atoms with Crippen molar-refractivity contribution in [3.63, 3.8) is 0 Å². The summed E-state index contributed by atoms with van der Waals surface area (Å²) in [5.74, 6) is -0.633. The summed E-state index contributed by atoms with van der Waals surface area (Å²) < 4.78 is 36.0. The van der Waals surface area contributed by atoms with Crippen LogP contribution in [0.1, 0.15) is 31.0 Å². The lowest BCUT2D eigenvalue weighted by molar-refractivity contribution is 0.0907. The van der Waals surface area contributed by atoms with E-state index >= 15 is 0 Å². The Kier molecular flexibility index (Phi) is 10.6. The van der Waals surface area contributed by atoms with Crippen molar-refractivity contribution in [3.05, 3.63) is 71.8 Å². The van der Waals surface area contributed by atoms with Crippen LogP contribution < -0.4 is 5.32 Å². The van der Waals surface area contributed by atoms with Crippen molar-refractivity contribution in [2.24, 2.45) is 0 Å². The molecule has 6 nitrogen and oxygen atoms in total. The number of methoxy groups -OCH3 is 1. The number of hydrogen-bond acceptors (Lipinski definition) is 6. The summed E-state index contributed by atoms with van der Waals surface area (Å²) in [7, 11) is -1.80. The summed E-state index contributed by atoms with van der Waals surface area (Å²) in [4.78, 5) is 0. The molecule has 0 saturated heterocycles. The van der Waals surface area contributed by atoms with Crippen molar-refractivity contribution in [1.29, 1.82) is 0 Å². The Hall–Kier alpha value is -1.53. The van der Waals surface area contributed by atoms with Crippen LogP contribution in [-0.4, -0.2) is 39.3 Å². The minimum absolute atomic E-state index is 0.180. The molecule has 2 atom stereocenters. The SMILES string of the molecule is CCOP(=O)(OCC)[C@H](COCc1ccccc1)N[C@@H](COC)c1ccccc1. The first kappa shape index (κ1) is 23.7. The zero-order valence-electron chi connectivity index (χ0n) is 17.5. The summed E-state index contributed by atoms with van der Waals surface area (Å²) in [6.07, 6.45) is 0. The van der Waals surface area contributed by atoms with Gasteiger partial charge >= 0.3 is 7.60 Å². The molecule has 160 valence electrons. The van der Waals surface area contributed by atoms with Crippen LogP contribution in [0.25, 0.3) is 0 Å². The van der Waals surface area contributed by atoms with Crippen LogP contribution in [0.3, 0.4) is 0 Å². The van der Waals surface area contributed by atoms with Crippen LogP contribution in [0.5, 0.6) is 0 Å². The fraction of sp³-hybridized carbons (Fsp3) is 0.455. The van der Waals surface area contributed by atoms with Gasteiger partial charge in [-0.15, -0.1) is 0 Å². The first-order valence-corrected chi connectivity index (χ1v) is 11.5. The highest BCUT2D eigenvalue weighted by Crippen LogP contribution is 2.52. The van der Waals surface area contributed by atoms with Gasteiger partial charge in [0.15, 0.2) is 0 Å². The molecule has 0 unspecified atom stereocenters. The molecule has 2 aromatic carbocycles. The molecule has 1 N–H and O–H groups in total. The van der Waals surface area contributed by atoms with Crippen LogP contribution in [0.15, 0.2) is 60.7 Å². The number of ether oxygens (including phenoxy) is 2. The van der Waals surface area contributed by atoms with E-state index in [-0.39, 0.29) is 25.9 Å². The molecule has 0 radical (unpaired) electrons. The van der Waals surface area contributed by atoms with Crippen LogP contribution in [0.4, 0.5) is 0 Å². The lowest BCUT2D eigenvalue weighted by Crippen LogP contribution is -2.39. The van der Waals surface area contributed by atoms with Gasteiger partial charge in [-0.25, -0.2) is 0 Å². The third-order valence-corrected chi connectivity index (χ3v) is 6.61. The van der Waals surface area contributed by atoms with E-state index in [2.05, 4.69) is 5.32 Å². The minimum Gasteiger partial charge on any atom is -0.383 e. The van der Waals surface area contributed by atoms with Crippen molar-refractivity contribution >= 4 is 7.60 Å². The average Bonchev–Trinajstić information content (AvgIpc) is 2.74. The summed E-state index contributed by atoms with van der Waals surface area (Å²) in [5.41, 5.74) is 2.08. The summed E-state index contributed by atoms with van der Waals surface area (Å²) in [6.45, 7) is 5.19. The standard InChI is InChI=1S/C22H32NO5P/c1-4-27-29(24,28-5-2)22(18-26-16-19-12-8-6-9-13-19)23-21(17-25-3)20-14-10-7-11-15-20/h6-15,21-23H,4-5,16-18H2,1-3H3/t21-,22+/m0/s1. The van der Waals surface area contributed by atoms with Gasteiger partial charge in [0.25, 0.3) is 0 Å². The zero-order chi connectivity index (χ0) is 21.0. The lowest BCUT2D eigenvalue weighted by atomic mass is 10.1. The second-order valence-corrected chi connectivity index (χ2v) is 8.70. The van der Waals surface area contributed by atoms with E-state index in [1.165, 1.54) is 0 Å². The van der Waals surface area contributed by atoms with Crippen molar-refractivity contribution in [2.75, 3.05) is 33.5 Å². The largest absolute Gasteiger partial charge is 0.383 e. The molecule has 29 heavy (non-hydrogen) atoms. The van der Waals surface area contributed by atoms with Crippen LogP contribution >= 0.6 is 7.60 Å². The fourth-order valence-electron chi connectivity index (χ4n) is 3.00. The van der Waals surface area contributed by atoms with Crippen LogP contribution in [0, 0.1) is 0 Å². The van der Waals surface area contributed by atoms with Crippen molar-refractivity contribution in [2.45, 2.75) is 32.3 Å². The molecule has 0 fully saturated rings. The normalized spacial score (nSPS) is 13.9. The van der Waals surface area contributed by atoms with E-state index in [0.29, 0.717) is 13.2 Å². The van der Waals surface area contributed by atoms with Gasteiger partial charge in [-0.3, -0.25) is 9.88 Å². The van der Waals surface area contributed by atoms with Crippen LogP contribution in [0.2, 0.25) is 0 Å². The monoisotopic (exact) mass is 421 g/mol. The van der Waals surface area contributed by atoms with Gasteiger partial charge < -0.3 is 18.5 Å². The molecule has 7 heteroatoms. The Morgan fingerprint density at radius 3 is 2.03 bits per heavy atom. The smallest absolute Gasteiger partial charge is 0.349 e. The number of rotatable bonds is 14. The summed E-state index contributed by atoms with van der Waals surface area (Å²) in [6, 6.07) is 19.6. The Bertz CT molecular complexity index is 718. The predicted octanol–water partition coefficient (Wildman–Crippen LogP) is 4.77. The summed E-state index contributed by atoms with van der Waals surface area (Å²) >= 11 is 0. The molecule has 0 bridgehead atoms. The van der Waals surface area contributed by atoms with Gasteiger partial charge in [0, 0.05) is 7.11 Å². The number of benzene rings is 2. The van der Waals surface area contributed by atoms with Crippen molar-refractivity contribution in [3.8, 4) is 0 Å². The van der Waals surface area contributed by atoms with E-state index in [9.17, 15) is 4.57 Å². The molecule has 0 aliphatic rings. The highest BCUT2D eigenvalue weighted by molar-refractivity contribution is 7.54. The van der Waals surface area contributed by atoms with E-state index in [1.54, 1.807) is 21.0 Å². The maximum Gasteiger partial charge on any atom is 0.349 e. The number of nitrogens with one attached hydrogen (secondary N) is 1. The highest BCUT2D eigenvalue weighted by Gasteiger charge is 2.37. The Morgan fingerprint density at radius 2 is 1.48 bits per heavy atom. The molecule has 0 aromatic heterocycles. The fourth-order valence-corrected chi connectivity index (χ4v) is 4.80. The van der Waals surface area contributed by atoms with E-state index in [4.69, 9.17) is 18.5 Å². The van der Waals surface area contributed by atoms with Gasteiger partial charge in [0.1, 0.15) is 5.78 Å². The molecule has 0 aliphatic carbocycles. The maximum absolute atomic E-state index is 13.5. The highest BCUT2D eigenvalue weighted by atomic mass is 31.2. The maximum atomic E-state index is 13.5. The van der Waals surface area contributed by atoms with E-state index in [1.807, 2.05) is 60.7 Å². The molecule has 0 saturated carbocycles. The van der Waals surface area contributed by atoms with Crippen molar-refractivity contribution < 1.29 is 23.1 Å². The predicted molar refractivity (Wildman–Crippen MR) is 115 cm³/mol. The van der Waals surface area contributed by atoms with Gasteiger partial charge in [0.2, 0.25) is 0 Å². The average molecular weight is 421 g/mol. The van der Waals surface area contributed by atoms with Gasteiger partial charge in [-0.2, -0.15) is 0 Å². The number of hydrogen-bond donors (Lipinski definition) is 1. The quantitative estimate of drug-likeness (QED) is 0.443. The van der Waals surface area contributed by atoms with Gasteiger partial charge in [-0.05, 0) is 25.0 Å². The van der Waals surface area contributed by atoms with Crippen LogP contribution in [-0.2, 0) is 29.7 Å². The topological polar surface area (TPSA) is 66.0 Å². The summed E-state index contributed by atoms with van der Waals surface area (Å²) in [5, 5.41) is 3.40. The first-order valence-electron chi connectivity index (χ1n) is 9.93. The molecule has 2 rings (SSSR count). The van der Waals surface area contributed by atoms with Gasteiger partial charge in [0.05, 0.1) is 39.1 Å². The van der Waals surface area contributed by atoms with Crippen molar-refractivity contribution in [1.82, 2.24) is 5.32 Å². The Labute approximate surface area is 174 Å². The second kappa shape index (κ2) is 12.9. The lowest BCUT2D eigenvalue weighted by Gasteiger charge is -2.30. The Morgan fingerprint density at radius 1 is 0.897 bits per heavy atom. The first-order chi connectivity index (χ1) is 14.1. The Balaban J connectivity index is 2.18. The molecule has 2 aromatic rings. The van der Waals surface area contributed by atoms with E-state index in [0.717, 1.165) is 11.1 Å². The molecule has 0 aliphatic heterocycles. The molecule has 0 spiro atoms. The molecule has 0 amide bonds. The zero-order valence-corrected chi connectivity index (χ0v) is 18.3. The van der Waals surface area contributed by atoms with Gasteiger partial charge in [-0.1, -0.05) is 60.7 Å². The third-order valence-electron chi connectivity index (χ3n) is 4.32. The van der Waals surface area contributed by atoms with E-state index < -0.39 is 13.4 Å². The second-order valence-electron chi connectivity index (χ2n) is 6.48. The molecular formula is C22H32NO5P. The molecular weight excluding hydrogens is 389 g/mol. The third kappa shape index (κ3) is 7.67.